The Balaban J connectivity index is 1.67. The number of hydrogen-bond acceptors (Lipinski definition) is 5. The van der Waals surface area contributed by atoms with E-state index in [4.69, 9.17) is 9.72 Å². The first-order valence-electron chi connectivity index (χ1n) is 8.29. The molecular weight excluding hydrogens is 322 g/mol. The van der Waals surface area contributed by atoms with E-state index in [-0.39, 0.29) is 5.97 Å². The van der Waals surface area contributed by atoms with E-state index >= 15 is 0 Å². The molecule has 3 aromatic rings. The minimum absolute atomic E-state index is 0.103. The number of carbonyl (C=O) groups excluding carboxylic acids is 1. The van der Waals surface area contributed by atoms with Crippen molar-refractivity contribution < 1.29 is 9.53 Å². The van der Waals surface area contributed by atoms with Crippen molar-refractivity contribution in [3.05, 3.63) is 35.2 Å². The molecule has 0 aliphatic rings. The SMILES string of the molecule is CCOC(=O)CCCCCn1c(-c2cscn2)nc2ccccc21. The van der Waals surface area contributed by atoms with Gasteiger partial charge in [-0.3, -0.25) is 4.79 Å². The molecule has 2 heterocycles. The molecule has 5 nitrogen and oxygen atoms in total. The summed E-state index contributed by atoms with van der Waals surface area (Å²) < 4.78 is 7.19. The van der Waals surface area contributed by atoms with Crippen LogP contribution in [0.15, 0.2) is 35.2 Å². The van der Waals surface area contributed by atoms with Crippen molar-refractivity contribution in [2.24, 2.45) is 0 Å². The number of benzene rings is 1. The molecule has 3 rings (SSSR count). The molecule has 2 aromatic heterocycles. The minimum atomic E-state index is -0.103. The first-order chi connectivity index (χ1) is 11.8. The van der Waals surface area contributed by atoms with Gasteiger partial charge >= 0.3 is 5.97 Å². The number of esters is 1. The molecule has 0 aliphatic heterocycles. The van der Waals surface area contributed by atoms with Gasteiger partial charge in [0.1, 0.15) is 5.69 Å². The lowest BCUT2D eigenvalue weighted by Crippen LogP contribution is -2.04. The van der Waals surface area contributed by atoms with Gasteiger partial charge in [0.2, 0.25) is 0 Å². The summed E-state index contributed by atoms with van der Waals surface area (Å²) in [7, 11) is 0. The summed E-state index contributed by atoms with van der Waals surface area (Å²) in [5.41, 5.74) is 4.87. The summed E-state index contributed by atoms with van der Waals surface area (Å²) in [6.07, 6.45) is 3.34. The average Bonchev–Trinajstić information content (AvgIpc) is 3.22. The lowest BCUT2D eigenvalue weighted by Gasteiger charge is -2.08. The van der Waals surface area contributed by atoms with Crippen LogP contribution in [0.2, 0.25) is 0 Å². The number of para-hydroxylation sites is 2. The fourth-order valence-electron chi connectivity index (χ4n) is 2.77. The zero-order chi connectivity index (χ0) is 16.8. The van der Waals surface area contributed by atoms with E-state index < -0.39 is 0 Å². The Hall–Kier alpha value is -2.21. The van der Waals surface area contributed by atoms with E-state index in [9.17, 15) is 4.79 Å². The van der Waals surface area contributed by atoms with Crippen molar-refractivity contribution >= 4 is 28.3 Å². The van der Waals surface area contributed by atoms with Crippen LogP contribution >= 0.6 is 11.3 Å². The van der Waals surface area contributed by atoms with E-state index in [1.54, 1.807) is 11.3 Å². The molecule has 0 spiro atoms. The van der Waals surface area contributed by atoms with Gasteiger partial charge in [-0.1, -0.05) is 18.6 Å². The Bertz CT molecular complexity index is 796. The smallest absolute Gasteiger partial charge is 0.305 e. The quantitative estimate of drug-likeness (QED) is 0.452. The second-order valence-corrected chi connectivity index (χ2v) is 6.28. The predicted molar refractivity (Wildman–Crippen MR) is 95.9 cm³/mol. The molecule has 1 aromatic carbocycles. The van der Waals surface area contributed by atoms with Crippen LogP contribution in [0.25, 0.3) is 22.6 Å². The van der Waals surface area contributed by atoms with Crippen molar-refractivity contribution in [3.8, 4) is 11.5 Å². The third kappa shape index (κ3) is 3.82. The minimum Gasteiger partial charge on any atom is -0.466 e. The number of rotatable bonds is 8. The van der Waals surface area contributed by atoms with Crippen LogP contribution in [0.1, 0.15) is 32.6 Å². The lowest BCUT2D eigenvalue weighted by atomic mass is 10.2. The van der Waals surface area contributed by atoms with Gasteiger partial charge in [0.05, 0.1) is 23.2 Å². The molecule has 0 N–H and O–H groups in total. The molecule has 6 heteroatoms. The maximum absolute atomic E-state index is 11.4. The average molecular weight is 343 g/mol. The van der Waals surface area contributed by atoms with Crippen molar-refractivity contribution in [2.45, 2.75) is 39.2 Å². The van der Waals surface area contributed by atoms with E-state index in [1.165, 1.54) is 0 Å². The van der Waals surface area contributed by atoms with E-state index in [2.05, 4.69) is 15.6 Å². The van der Waals surface area contributed by atoms with Gasteiger partial charge in [0, 0.05) is 18.3 Å². The highest BCUT2D eigenvalue weighted by atomic mass is 32.1. The second kappa shape index (κ2) is 8.06. The second-order valence-electron chi connectivity index (χ2n) is 5.57. The Morgan fingerprint density at radius 3 is 2.92 bits per heavy atom. The number of unbranched alkanes of at least 4 members (excludes halogenated alkanes) is 2. The number of hydrogen-bond donors (Lipinski definition) is 0. The molecule has 126 valence electrons. The molecule has 0 saturated heterocycles. The molecular formula is C18H21N3O2S. The van der Waals surface area contributed by atoms with E-state index in [0.29, 0.717) is 13.0 Å². The predicted octanol–water partition coefficient (Wildman–Crippen LogP) is 4.28. The van der Waals surface area contributed by atoms with Crippen molar-refractivity contribution in [3.63, 3.8) is 0 Å². The summed E-state index contributed by atoms with van der Waals surface area (Å²) in [4.78, 5) is 20.5. The summed E-state index contributed by atoms with van der Waals surface area (Å²) in [6, 6.07) is 8.16. The van der Waals surface area contributed by atoms with Gasteiger partial charge in [0.15, 0.2) is 5.82 Å². The molecule has 0 aliphatic carbocycles. The number of imidazole rings is 1. The van der Waals surface area contributed by atoms with Crippen LogP contribution < -0.4 is 0 Å². The van der Waals surface area contributed by atoms with Crippen LogP contribution in [0.3, 0.4) is 0 Å². The topological polar surface area (TPSA) is 57.0 Å². The highest BCUT2D eigenvalue weighted by Crippen LogP contribution is 2.25. The zero-order valence-electron chi connectivity index (χ0n) is 13.8. The largest absolute Gasteiger partial charge is 0.466 e. The van der Waals surface area contributed by atoms with E-state index in [1.807, 2.05) is 36.0 Å². The zero-order valence-corrected chi connectivity index (χ0v) is 14.6. The summed E-state index contributed by atoms with van der Waals surface area (Å²) in [5.74, 6) is 0.816. The first kappa shape index (κ1) is 16.6. The third-order valence-corrected chi connectivity index (χ3v) is 4.47. The highest BCUT2D eigenvalue weighted by Gasteiger charge is 2.13. The van der Waals surface area contributed by atoms with Crippen LogP contribution in [0.4, 0.5) is 0 Å². The summed E-state index contributed by atoms with van der Waals surface area (Å²) in [6.45, 7) is 3.16. The van der Waals surface area contributed by atoms with Gasteiger partial charge in [-0.05, 0) is 31.9 Å². The molecule has 0 atom stereocenters. The van der Waals surface area contributed by atoms with Gasteiger partial charge < -0.3 is 9.30 Å². The maximum atomic E-state index is 11.4. The Morgan fingerprint density at radius 1 is 1.25 bits per heavy atom. The number of fused-ring (bicyclic) bond motifs is 1. The van der Waals surface area contributed by atoms with Crippen molar-refractivity contribution in [2.75, 3.05) is 6.61 Å². The van der Waals surface area contributed by atoms with Gasteiger partial charge in [0.25, 0.3) is 0 Å². The number of aromatic nitrogens is 3. The lowest BCUT2D eigenvalue weighted by molar-refractivity contribution is -0.143. The number of ether oxygens (including phenoxy) is 1. The molecule has 0 fully saturated rings. The Labute approximate surface area is 145 Å². The molecule has 0 saturated carbocycles. The van der Waals surface area contributed by atoms with Crippen molar-refractivity contribution in [1.82, 2.24) is 14.5 Å². The monoisotopic (exact) mass is 343 g/mol. The van der Waals surface area contributed by atoms with Gasteiger partial charge in [-0.15, -0.1) is 11.3 Å². The van der Waals surface area contributed by atoms with Crippen LogP contribution in [0, 0.1) is 0 Å². The molecule has 24 heavy (non-hydrogen) atoms. The molecule has 0 amide bonds. The maximum Gasteiger partial charge on any atom is 0.305 e. The molecule has 0 radical (unpaired) electrons. The van der Waals surface area contributed by atoms with Gasteiger partial charge in [-0.2, -0.15) is 0 Å². The van der Waals surface area contributed by atoms with Gasteiger partial charge in [-0.25, -0.2) is 9.97 Å². The highest BCUT2D eigenvalue weighted by molar-refractivity contribution is 7.07. The summed E-state index contributed by atoms with van der Waals surface area (Å²) in [5, 5.41) is 2.03. The van der Waals surface area contributed by atoms with Crippen LogP contribution in [0.5, 0.6) is 0 Å². The number of carbonyl (C=O) groups is 1. The van der Waals surface area contributed by atoms with E-state index in [0.717, 1.165) is 48.4 Å². The fraction of sp³-hybridized carbons (Fsp3) is 0.389. The molecule has 0 bridgehead atoms. The Kier molecular flexibility index (Phi) is 5.59. The van der Waals surface area contributed by atoms with Crippen LogP contribution in [-0.2, 0) is 16.1 Å². The number of nitrogens with zero attached hydrogens (tertiary/aromatic N) is 3. The summed E-state index contributed by atoms with van der Waals surface area (Å²) >= 11 is 1.58. The number of thiazole rings is 1. The Morgan fingerprint density at radius 2 is 2.12 bits per heavy atom. The fourth-order valence-corrected chi connectivity index (χ4v) is 3.30. The standard InChI is InChI=1S/C18H21N3O2S/c1-2-23-17(22)10-4-3-7-11-21-16-9-6-5-8-14(16)20-18(21)15-12-24-13-19-15/h5-6,8-9,12-13H,2-4,7,10-11H2,1H3. The van der Waals surface area contributed by atoms with Crippen LogP contribution in [-0.4, -0.2) is 27.1 Å². The first-order valence-corrected chi connectivity index (χ1v) is 9.23. The third-order valence-electron chi connectivity index (χ3n) is 3.88. The van der Waals surface area contributed by atoms with Crippen molar-refractivity contribution in [1.29, 1.82) is 0 Å². The molecule has 0 unspecified atom stereocenters. The normalized spacial score (nSPS) is 11.0. The number of aryl methyl sites for hydroxylation is 1.